The molecule has 0 aromatic heterocycles. The molecule has 0 spiro atoms. The Hall–Kier alpha value is -0.840. The summed E-state index contributed by atoms with van der Waals surface area (Å²) in [7, 11) is 0. The van der Waals surface area contributed by atoms with E-state index in [1.54, 1.807) is 0 Å². The largest absolute Gasteiger partial charge is 0.415 e. The molecule has 0 heterocycles. The predicted molar refractivity (Wildman–Crippen MR) is 27.3 cm³/mol. The summed E-state index contributed by atoms with van der Waals surface area (Å²) in [6.07, 6.45) is -7.06. The zero-order valence-electron chi connectivity index (χ0n) is 4.85. The molecule has 0 aromatic carbocycles. The molecule has 0 saturated carbocycles. The lowest BCUT2D eigenvalue weighted by atomic mass is 10.2. The molecule has 0 saturated heterocycles. The highest BCUT2D eigenvalue weighted by molar-refractivity contribution is 5.61. The van der Waals surface area contributed by atoms with Crippen LogP contribution in [0.15, 0.2) is 12.2 Å². The number of alkyl halides is 3. The van der Waals surface area contributed by atoms with Crippen LogP contribution in [0.4, 0.5) is 13.2 Å². The first kappa shape index (κ1) is 9.16. The van der Waals surface area contributed by atoms with Gasteiger partial charge >= 0.3 is 6.18 Å². The van der Waals surface area contributed by atoms with Gasteiger partial charge in [-0.05, 0) is 0 Å². The Bertz CT molecular complexity index is 149. The summed E-state index contributed by atoms with van der Waals surface area (Å²) in [5.74, 6) is 0. The van der Waals surface area contributed by atoms with Gasteiger partial charge in [-0.15, -0.1) is 0 Å². The molecule has 0 aromatic rings. The topological polar surface area (TPSA) is 37.3 Å². The van der Waals surface area contributed by atoms with Gasteiger partial charge in [-0.25, -0.2) is 0 Å². The maximum Gasteiger partial charge on any atom is 0.415 e. The quantitative estimate of drug-likeness (QED) is 0.468. The SMILES string of the molecule is C=C(C(O)C=O)C(F)(F)F. The van der Waals surface area contributed by atoms with Crippen molar-refractivity contribution in [2.45, 2.75) is 12.3 Å². The summed E-state index contributed by atoms with van der Waals surface area (Å²) in [6.45, 7) is 2.49. The van der Waals surface area contributed by atoms with Crippen molar-refractivity contribution in [3.05, 3.63) is 12.2 Å². The normalized spacial score (nSPS) is 14.4. The molecule has 0 aliphatic heterocycles. The Morgan fingerprint density at radius 2 is 2.00 bits per heavy atom. The molecule has 10 heavy (non-hydrogen) atoms. The number of halogens is 3. The van der Waals surface area contributed by atoms with E-state index in [2.05, 4.69) is 6.58 Å². The minimum Gasteiger partial charge on any atom is -0.381 e. The summed E-state index contributed by atoms with van der Waals surface area (Å²) >= 11 is 0. The van der Waals surface area contributed by atoms with Gasteiger partial charge in [-0.2, -0.15) is 13.2 Å². The minimum atomic E-state index is -4.69. The highest BCUT2D eigenvalue weighted by Gasteiger charge is 2.35. The van der Waals surface area contributed by atoms with Crippen LogP contribution < -0.4 is 0 Å². The van der Waals surface area contributed by atoms with Gasteiger partial charge < -0.3 is 9.90 Å². The zero-order chi connectivity index (χ0) is 8.36. The monoisotopic (exact) mass is 154 g/mol. The third-order valence-electron chi connectivity index (χ3n) is 0.850. The lowest BCUT2D eigenvalue weighted by Crippen LogP contribution is -2.23. The third kappa shape index (κ3) is 2.18. The van der Waals surface area contributed by atoms with Crippen molar-refractivity contribution in [1.82, 2.24) is 0 Å². The molecule has 1 unspecified atom stereocenters. The first-order valence-corrected chi connectivity index (χ1v) is 2.29. The van der Waals surface area contributed by atoms with Gasteiger partial charge in [0, 0.05) is 0 Å². The van der Waals surface area contributed by atoms with Gasteiger partial charge in [0.2, 0.25) is 0 Å². The van der Waals surface area contributed by atoms with E-state index in [4.69, 9.17) is 5.11 Å². The first-order valence-electron chi connectivity index (χ1n) is 2.29. The van der Waals surface area contributed by atoms with E-state index in [-0.39, 0.29) is 6.29 Å². The Morgan fingerprint density at radius 3 is 2.10 bits per heavy atom. The lowest BCUT2D eigenvalue weighted by molar-refractivity contribution is -0.124. The zero-order valence-corrected chi connectivity index (χ0v) is 4.85. The molecular weight excluding hydrogens is 149 g/mol. The minimum absolute atomic E-state index is 0.226. The summed E-state index contributed by atoms with van der Waals surface area (Å²) in [5, 5.41) is 8.27. The van der Waals surface area contributed by atoms with Crippen molar-refractivity contribution in [3.63, 3.8) is 0 Å². The van der Waals surface area contributed by atoms with Crippen molar-refractivity contribution in [3.8, 4) is 0 Å². The van der Waals surface area contributed by atoms with E-state index < -0.39 is 17.9 Å². The predicted octanol–water partition coefficient (Wildman–Crippen LogP) is 0.665. The molecule has 0 aliphatic rings. The summed E-state index contributed by atoms with van der Waals surface area (Å²) in [4.78, 5) is 9.58. The van der Waals surface area contributed by atoms with Crippen LogP contribution in [0.1, 0.15) is 0 Å². The summed E-state index contributed by atoms with van der Waals surface area (Å²) < 4.78 is 34.4. The number of hydrogen-bond acceptors (Lipinski definition) is 2. The van der Waals surface area contributed by atoms with E-state index in [1.807, 2.05) is 0 Å². The average Bonchev–Trinajstić information content (AvgIpc) is 1.83. The molecule has 1 atom stereocenters. The van der Waals surface area contributed by atoms with Crippen molar-refractivity contribution in [1.29, 1.82) is 0 Å². The molecule has 0 aliphatic carbocycles. The molecule has 2 nitrogen and oxygen atoms in total. The number of aliphatic hydroxyl groups is 1. The second-order valence-electron chi connectivity index (χ2n) is 1.60. The van der Waals surface area contributed by atoms with E-state index in [1.165, 1.54) is 0 Å². The standard InChI is InChI=1S/C5H5F3O2/c1-3(4(10)2-9)5(6,7)8/h2,4,10H,1H2. The van der Waals surface area contributed by atoms with Gasteiger partial charge in [0.1, 0.15) is 6.10 Å². The van der Waals surface area contributed by atoms with Crippen molar-refractivity contribution < 1.29 is 23.1 Å². The Morgan fingerprint density at radius 1 is 1.60 bits per heavy atom. The molecule has 0 fully saturated rings. The molecule has 0 rings (SSSR count). The van der Waals surface area contributed by atoms with Gasteiger partial charge in [0.05, 0.1) is 5.57 Å². The number of rotatable bonds is 2. The third-order valence-corrected chi connectivity index (χ3v) is 0.850. The van der Waals surface area contributed by atoms with Crippen molar-refractivity contribution >= 4 is 6.29 Å². The van der Waals surface area contributed by atoms with Gasteiger partial charge in [-0.3, -0.25) is 0 Å². The van der Waals surface area contributed by atoms with Crippen LogP contribution >= 0.6 is 0 Å². The number of aliphatic hydroxyl groups excluding tert-OH is 1. The number of hydrogen-bond donors (Lipinski definition) is 1. The molecule has 0 amide bonds. The Balaban J connectivity index is 4.22. The van der Waals surface area contributed by atoms with Gasteiger partial charge in [0.15, 0.2) is 6.29 Å². The fourth-order valence-corrected chi connectivity index (χ4v) is 0.250. The van der Waals surface area contributed by atoms with E-state index in [0.717, 1.165) is 0 Å². The summed E-state index contributed by atoms with van der Waals surface area (Å²) in [6, 6.07) is 0. The fraction of sp³-hybridized carbons (Fsp3) is 0.400. The molecule has 0 bridgehead atoms. The Kier molecular flexibility index (Phi) is 2.59. The number of carbonyl (C=O) groups is 1. The number of aldehydes is 1. The highest BCUT2D eigenvalue weighted by Crippen LogP contribution is 2.25. The average molecular weight is 154 g/mol. The van der Waals surface area contributed by atoms with Gasteiger partial charge in [0.25, 0.3) is 0 Å². The van der Waals surface area contributed by atoms with E-state index in [0.29, 0.717) is 0 Å². The van der Waals surface area contributed by atoms with Crippen LogP contribution in [0.3, 0.4) is 0 Å². The highest BCUT2D eigenvalue weighted by atomic mass is 19.4. The van der Waals surface area contributed by atoms with Crippen molar-refractivity contribution in [2.75, 3.05) is 0 Å². The van der Waals surface area contributed by atoms with Crippen LogP contribution in [0.25, 0.3) is 0 Å². The van der Waals surface area contributed by atoms with Crippen LogP contribution in [-0.4, -0.2) is 23.7 Å². The Labute approximate surface area is 55.0 Å². The molecule has 0 radical (unpaired) electrons. The van der Waals surface area contributed by atoms with Gasteiger partial charge in [-0.1, -0.05) is 6.58 Å². The van der Waals surface area contributed by atoms with Crippen LogP contribution in [0, 0.1) is 0 Å². The van der Waals surface area contributed by atoms with Crippen LogP contribution in [0.5, 0.6) is 0 Å². The number of carbonyl (C=O) groups excluding carboxylic acids is 1. The molecular formula is C5H5F3O2. The maximum absolute atomic E-state index is 11.5. The lowest BCUT2D eigenvalue weighted by Gasteiger charge is -2.10. The van der Waals surface area contributed by atoms with Crippen LogP contribution in [-0.2, 0) is 4.79 Å². The fourth-order valence-electron chi connectivity index (χ4n) is 0.250. The second-order valence-corrected chi connectivity index (χ2v) is 1.60. The second kappa shape index (κ2) is 2.83. The first-order chi connectivity index (χ1) is 4.39. The molecule has 58 valence electrons. The smallest absolute Gasteiger partial charge is 0.381 e. The summed E-state index contributed by atoms with van der Waals surface area (Å²) in [5.41, 5.74) is -1.44. The van der Waals surface area contributed by atoms with Crippen molar-refractivity contribution in [2.24, 2.45) is 0 Å². The molecule has 1 N–H and O–H groups in total. The van der Waals surface area contributed by atoms with Crippen LogP contribution in [0.2, 0.25) is 0 Å². The van der Waals surface area contributed by atoms with E-state index in [9.17, 15) is 18.0 Å². The molecule has 5 heteroatoms. The van der Waals surface area contributed by atoms with E-state index >= 15 is 0 Å². The maximum atomic E-state index is 11.5.